The summed E-state index contributed by atoms with van der Waals surface area (Å²) < 4.78 is 27.7. The standard InChI is InChI=1S/C19H24N4O3S/c24-19(21-14-15-5-4-12-20-13-15)22-16-8-10-18(11-9-16)27(25,26)23-17-6-2-1-3-7-17/h4-5,8-13,17,23H,1-3,6-7,14H2,(H2,21,22,24). The van der Waals surface area contributed by atoms with E-state index in [0.29, 0.717) is 12.2 Å². The number of nitrogens with zero attached hydrogens (tertiary/aromatic N) is 1. The fourth-order valence-corrected chi connectivity index (χ4v) is 4.39. The fraction of sp³-hybridized carbons (Fsp3) is 0.368. The van der Waals surface area contributed by atoms with E-state index in [1.54, 1.807) is 30.6 Å². The molecule has 144 valence electrons. The monoisotopic (exact) mass is 388 g/mol. The molecule has 1 aromatic carbocycles. The number of carbonyl (C=O) groups is 1. The quantitative estimate of drug-likeness (QED) is 0.708. The lowest BCUT2D eigenvalue weighted by molar-refractivity contribution is 0.251. The topological polar surface area (TPSA) is 100 Å². The number of hydrogen-bond donors (Lipinski definition) is 3. The second-order valence-electron chi connectivity index (χ2n) is 6.65. The summed E-state index contributed by atoms with van der Waals surface area (Å²) in [5.74, 6) is 0. The summed E-state index contributed by atoms with van der Waals surface area (Å²) in [4.78, 5) is 16.1. The van der Waals surface area contributed by atoms with Crippen LogP contribution in [0.25, 0.3) is 0 Å². The number of urea groups is 1. The Hall–Kier alpha value is -2.45. The molecule has 0 unspecified atom stereocenters. The highest BCUT2D eigenvalue weighted by atomic mass is 32.2. The number of rotatable bonds is 6. The Labute approximate surface area is 159 Å². The molecule has 1 aliphatic rings. The lowest BCUT2D eigenvalue weighted by atomic mass is 9.96. The minimum absolute atomic E-state index is 0.0137. The molecule has 1 aromatic heterocycles. The molecule has 1 saturated carbocycles. The van der Waals surface area contributed by atoms with Crippen LogP contribution >= 0.6 is 0 Å². The summed E-state index contributed by atoms with van der Waals surface area (Å²) in [6.07, 6.45) is 8.41. The number of pyridine rings is 1. The van der Waals surface area contributed by atoms with Crippen molar-refractivity contribution in [2.24, 2.45) is 0 Å². The fourth-order valence-electron chi connectivity index (χ4n) is 3.09. The Balaban J connectivity index is 1.53. The van der Waals surface area contributed by atoms with E-state index in [1.807, 2.05) is 6.07 Å². The van der Waals surface area contributed by atoms with Crippen molar-refractivity contribution >= 4 is 21.7 Å². The number of hydrogen-bond acceptors (Lipinski definition) is 4. The molecule has 2 amide bonds. The lowest BCUT2D eigenvalue weighted by Crippen LogP contribution is -2.36. The van der Waals surface area contributed by atoms with Crippen LogP contribution in [0.5, 0.6) is 0 Å². The average molecular weight is 388 g/mol. The Bertz CT molecular complexity index is 848. The summed E-state index contributed by atoms with van der Waals surface area (Å²) >= 11 is 0. The van der Waals surface area contributed by atoms with Gasteiger partial charge in [-0.1, -0.05) is 25.3 Å². The van der Waals surface area contributed by atoms with Gasteiger partial charge in [-0.05, 0) is 48.7 Å². The molecule has 0 radical (unpaired) electrons. The molecular formula is C19H24N4O3S. The smallest absolute Gasteiger partial charge is 0.319 e. The largest absolute Gasteiger partial charge is 0.334 e. The predicted molar refractivity (Wildman–Crippen MR) is 104 cm³/mol. The second-order valence-corrected chi connectivity index (χ2v) is 8.36. The minimum Gasteiger partial charge on any atom is -0.334 e. The van der Waals surface area contributed by atoms with Gasteiger partial charge in [0.2, 0.25) is 10.0 Å². The van der Waals surface area contributed by atoms with Gasteiger partial charge in [0.1, 0.15) is 0 Å². The first-order valence-electron chi connectivity index (χ1n) is 9.09. The number of benzene rings is 1. The highest BCUT2D eigenvalue weighted by molar-refractivity contribution is 7.89. The van der Waals surface area contributed by atoms with Crippen LogP contribution in [0.3, 0.4) is 0 Å². The van der Waals surface area contributed by atoms with Crippen LogP contribution in [-0.4, -0.2) is 25.5 Å². The first kappa shape index (κ1) is 19.3. The Morgan fingerprint density at radius 3 is 2.48 bits per heavy atom. The van der Waals surface area contributed by atoms with Gasteiger partial charge in [0.25, 0.3) is 0 Å². The van der Waals surface area contributed by atoms with Gasteiger partial charge in [-0.2, -0.15) is 0 Å². The molecule has 3 N–H and O–H groups in total. The first-order valence-corrected chi connectivity index (χ1v) is 10.6. The number of carbonyl (C=O) groups excluding carboxylic acids is 1. The van der Waals surface area contributed by atoms with Gasteiger partial charge in [0.15, 0.2) is 0 Å². The molecule has 3 rings (SSSR count). The molecular weight excluding hydrogens is 364 g/mol. The van der Waals surface area contributed by atoms with E-state index in [9.17, 15) is 13.2 Å². The summed E-state index contributed by atoms with van der Waals surface area (Å²) in [6.45, 7) is 0.359. The van der Waals surface area contributed by atoms with Crippen molar-refractivity contribution in [3.05, 3.63) is 54.4 Å². The van der Waals surface area contributed by atoms with Crippen LogP contribution < -0.4 is 15.4 Å². The Kier molecular flexibility index (Phi) is 6.41. The van der Waals surface area contributed by atoms with Crippen molar-refractivity contribution in [3.8, 4) is 0 Å². The molecule has 27 heavy (non-hydrogen) atoms. The minimum atomic E-state index is -3.54. The zero-order valence-corrected chi connectivity index (χ0v) is 15.8. The Morgan fingerprint density at radius 1 is 1.07 bits per heavy atom. The molecule has 0 bridgehead atoms. The first-order chi connectivity index (χ1) is 13.0. The van der Waals surface area contributed by atoms with Crippen LogP contribution in [0.4, 0.5) is 10.5 Å². The number of sulfonamides is 1. The zero-order chi connectivity index (χ0) is 19.1. The zero-order valence-electron chi connectivity index (χ0n) is 15.0. The number of anilines is 1. The van der Waals surface area contributed by atoms with Crippen LogP contribution in [0, 0.1) is 0 Å². The molecule has 0 spiro atoms. The number of amides is 2. The van der Waals surface area contributed by atoms with Crippen LogP contribution in [0.15, 0.2) is 53.7 Å². The van der Waals surface area contributed by atoms with Crippen molar-refractivity contribution < 1.29 is 13.2 Å². The number of aromatic nitrogens is 1. The van der Waals surface area contributed by atoms with E-state index >= 15 is 0 Å². The van der Waals surface area contributed by atoms with Gasteiger partial charge < -0.3 is 10.6 Å². The maximum absolute atomic E-state index is 12.5. The van der Waals surface area contributed by atoms with Crippen LogP contribution in [0.1, 0.15) is 37.7 Å². The molecule has 0 aliphatic heterocycles. The van der Waals surface area contributed by atoms with E-state index in [1.165, 1.54) is 18.6 Å². The molecule has 1 heterocycles. The predicted octanol–water partition coefficient (Wildman–Crippen LogP) is 3.01. The average Bonchev–Trinajstić information content (AvgIpc) is 2.68. The highest BCUT2D eigenvalue weighted by Crippen LogP contribution is 2.20. The second kappa shape index (κ2) is 8.96. The van der Waals surface area contributed by atoms with Gasteiger partial charge in [-0.15, -0.1) is 0 Å². The third-order valence-electron chi connectivity index (χ3n) is 4.53. The van der Waals surface area contributed by atoms with Crippen LogP contribution in [0.2, 0.25) is 0 Å². The third-order valence-corrected chi connectivity index (χ3v) is 6.06. The molecule has 0 atom stereocenters. The van der Waals surface area contributed by atoms with Gasteiger partial charge >= 0.3 is 6.03 Å². The van der Waals surface area contributed by atoms with Crippen molar-refractivity contribution in [3.63, 3.8) is 0 Å². The van der Waals surface area contributed by atoms with E-state index in [4.69, 9.17) is 0 Å². The van der Waals surface area contributed by atoms with E-state index < -0.39 is 10.0 Å². The summed E-state index contributed by atoms with van der Waals surface area (Å²) in [7, 11) is -3.54. The van der Waals surface area contributed by atoms with Crippen molar-refractivity contribution in [1.29, 1.82) is 0 Å². The maximum Gasteiger partial charge on any atom is 0.319 e. The normalized spacial score (nSPS) is 15.3. The molecule has 1 aliphatic carbocycles. The Morgan fingerprint density at radius 2 is 1.81 bits per heavy atom. The summed E-state index contributed by atoms with van der Waals surface area (Å²) in [5, 5.41) is 5.41. The van der Waals surface area contributed by atoms with Crippen molar-refractivity contribution in [2.75, 3.05) is 5.32 Å². The van der Waals surface area contributed by atoms with Crippen molar-refractivity contribution in [1.82, 2.24) is 15.0 Å². The molecule has 0 saturated heterocycles. The summed E-state index contributed by atoms with van der Waals surface area (Å²) in [5.41, 5.74) is 1.41. The van der Waals surface area contributed by atoms with Gasteiger partial charge in [-0.25, -0.2) is 17.9 Å². The van der Waals surface area contributed by atoms with Crippen LogP contribution in [-0.2, 0) is 16.6 Å². The maximum atomic E-state index is 12.5. The number of nitrogens with one attached hydrogen (secondary N) is 3. The van der Waals surface area contributed by atoms with E-state index in [0.717, 1.165) is 31.2 Å². The van der Waals surface area contributed by atoms with E-state index in [2.05, 4.69) is 20.3 Å². The highest BCUT2D eigenvalue weighted by Gasteiger charge is 2.21. The molecule has 8 heteroatoms. The third kappa shape index (κ3) is 5.77. The van der Waals surface area contributed by atoms with E-state index in [-0.39, 0.29) is 17.0 Å². The SMILES string of the molecule is O=C(NCc1cccnc1)Nc1ccc(S(=O)(=O)NC2CCCCC2)cc1. The van der Waals surface area contributed by atoms with Crippen molar-refractivity contribution in [2.45, 2.75) is 49.6 Å². The van der Waals surface area contributed by atoms with Gasteiger partial charge in [0.05, 0.1) is 4.90 Å². The molecule has 7 nitrogen and oxygen atoms in total. The van der Waals surface area contributed by atoms with Gasteiger partial charge in [0, 0.05) is 30.7 Å². The molecule has 2 aromatic rings. The summed E-state index contributed by atoms with van der Waals surface area (Å²) in [6, 6.07) is 9.48. The lowest BCUT2D eigenvalue weighted by Gasteiger charge is -2.22. The van der Waals surface area contributed by atoms with Gasteiger partial charge in [-0.3, -0.25) is 4.98 Å². The molecule has 1 fully saturated rings.